The number of carbonyl (C=O) groups is 2. The van der Waals surface area contributed by atoms with E-state index in [0.717, 1.165) is 12.5 Å². The Morgan fingerprint density at radius 3 is 2.52 bits per heavy atom. The van der Waals surface area contributed by atoms with Crippen LogP contribution >= 0.6 is 0 Å². The summed E-state index contributed by atoms with van der Waals surface area (Å²) in [6.07, 6.45) is 2.03. The Balaban J connectivity index is 4.55. The van der Waals surface area contributed by atoms with E-state index >= 15 is 0 Å². The van der Waals surface area contributed by atoms with E-state index in [1.54, 1.807) is 32.9 Å². The highest BCUT2D eigenvalue weighted by atomic mass is 28.2. The van der Waals surface area contributed by atoms with Crippen molar-refractivity contribution < 1.29 is 23.9 Å². The summed E-state index contributed by atoms with van der Waals surface area (Å²) in [5, 5.41) is 8.74. The van der Waals surface area contributed by atoms with Gasteiger partial charge in [-0.05, 0) is 39.2 Å². The molecule has 1 N–H and O–H groups in total. The third-order valence-electron chi connectivity index (χ3n) is 3.77. The molecular weight excluding hydrogens is 314 g/mol. The average Bonchev–Trinajstić information content (AvgIpc) is 2.53. The van der Waals surface area contributed by atoms with Crippen LogP contribution in [0.25, 0.3) is 0 Å². The van der Waals surface area contributed by atoms with Crippen molar-refractivity contribution in [2.75, 3.05) is 33.9 Å². The number of aliphatic hydroxyl groups excluding tert-OH is 1. The number of carbonyl (C=O) groups excluding carboxylic acids is 2. The van der Waals surface area contributed by atoms with Crippen LogP contribution in [0.5, 0.6) is 0 Å². The summed E-state index contributed by atoms with van der Waals surface area (Å²) in [6.45, 7) is 6.01. The zero-order chi connectivity index (χ0) is 17.9. The smallest absolute Gasteiger partial charge is 0.311 e. The largest absolute Gasteiger partial charge is 0.463 e. The lowest BCUT2D eigenvalue weighted by molar-refractivity contribution is -0.156. The van der Waals surface area contributed by atoms with Gasteiger partial charge >= 0.3 is 5.97 Å². The highest BCUT2D eigenvalue weighted by Gasteiger charge is 2.35. The van der Waals surface area contributed by atoms with Gasteiger partial charge < -0.3 is 19.2 Å². The van der Waals surface area contributed by atoms with Crippen LogP contribution in [0, 0.1) is 11.3 Å². The number of rotatable bonds is 12. The normalized spacial score (nSPS) is 12.8. The number of nitrogens with zero attached hydrogens (tertiary/aromatic N) is 1. The van der Waals surface area contributed by atoms with Crippen molar-refractivity contribution in [2.45, 2.75) is 46.1 Å². The molecule has 0 saturated carbocycles. The molecule has 0 rings (SSSR count). The van der Waals surface area contributed by atoms with E-state index in [9.17, 15) is 9.59 Å². The van der Waals surface area contributed by atoms with E-state index in [1.165, 1.54) is 0 Å². The van der Waals surface area contributed by atoms with Crippen LogP contribution in [-0.2, 0) is 18.8 Å². The summed E-state index contributed by atoms with van der Waals surface area (Å²) in [5.74, 6) is -0.514. The van der Waals surface area contributed by atoms with Gasteiger partial charge in [-0.15, -0.1) is 0 Å². The second-order valence-corrected chi connectivity index (χ2v) is 7.46. The number of amides is 1. The van der Waals surface area contributed by atoms with Crippen molar-refractivity contribution in [3.05, 3.63) is 0 Å². The van der Waals surface area contributed by atoms with Crippen molar-refractivity contribution in [3.63, 3.8) is 0 Å². The summed E-state index contributed by atoms with van der Waals surface area (Å²) in [7, 11) is 3.95. The summed E-state index contributed by atoms with van der Waals surface area (Å²) in [6, 6.07) is 0.948. The molecule has 1 amide bonds. The van der Waals surface area contributed by atoms with Crippen LogP contribution < -0.4 is 0 Å². The molecule has 6 nitrogen and oxygen atoms in total. The monoisotopic (exact) mass is 345 g/mol. The standard InChI is InChI=1S/C16H31NO5Si/c1-6-13(12-16(2,3)15(20)22-10-9-18)14(19)17(4)8-7-11-23-21-5/h13,18H,6-12H2,1-5H3. The molecule has 0 bridgehead atoms. The lowest BCUT2D eigenvalue weighted by atomic mass is 9.81. The van der Waals surface area contributed by atoms with Crippen LogP contribution in [0.4, 0.5) is 0 Å². The number of aliphatic hydroxyl groups is 1. The van der Waals surface area contributed by atoms with E-state index < -0.39 is 5.41 Å². The van der Waals surface area contributed by atoms with Crippen LogP contribution in [0.1, 0.15) is 40.0 Å². The molecule has 0 aliphatic heterocycles. The van der Waals surface area contributed by atoms with Gasteiger partial charge in [0.05, 0.1) is 12.0 Å². The Morgan fingerprint density at radius 2 is 2.00 bits per heavy atom. The van der Waals surface area contributed by atoms with Crippen molar-refractivity contribution >= 4 is 21.6 Å². The lowest BCUT2D eigenvalue weighted by Gasteiger charge is -2.29. The van der Waals surface area contributed by atoms with Crippen molar-refractivity contribution in [1.82, 2.24) is 4.90 Å². The minimum absolute atomic E-state index is 0.00676. The van der Waals surface area contributed by atoms with Gasteiger partial charge in [-0.1, -0.05) is 6.92 Å². The summed E-state index contributed by atoms with van der Waals surface area (Å²) in [4.78, 5) is 26.3. The maximum atomic E-state index is 12.6. The van der Waals surface area contributed by atoms with E-state index in [1.807, 2.05) is 6.92 Å². The summed E-state index contributed by atoms with van der Waals surface area (Å²) in [5.41, 5.74) is -0.746. The maximum absolute atomic E-state index is 12.6. The van der Waals surface area contributed by atoms with Gasteiger partial charge in [0.2, 0.25) is 15.7 Å². The molecule has 134 valence electrons. The minimum Gasteiger partial charge on any atom is -0.463 e. The predicted molar refractivity (Wildman–Crippen MR) is 90.0 cm³/mol. The second kappa shape index (κ2) is 11.6. The van der Waals surface area contributed by atoms with Gasteiger partial charge in [-0.2, -0.15) is 0 Å². The van der Waals surface area contributed by atoms with Gasteiger partial charge in [0.1, 0.15) is 6.61 Å². The second-order valence-electron chi connectivity index (χ2n) is 6.26. The first-order valence-electron chi connectivity index (χ1n) is 8.09. The third kappa shape index (κ3) is 8.48. The fourth-order valence-corrected chi connectivity index (χ4v) is 2.86. The molecule has 0 heterocycles. The Labute approximate surface area is 142 Å². The highest BCUT2D eigenvalue weighted by molar-refractivity contribution is 6.26. The molecule has 2 radical (unpaired) electrons. The zero-order valence-electron chi connectivity index (χ0n) is 15.1. The summed E-state index contributed by atoms with van der Waals surface area (Å²) < 4.78 is 10.0. The number of hydrogen-bond donors (Lipinski definition) is 1. The van der Waals surface area contributed by atoms with Crippen molar-refractivity contribution in [3.8, 4) is 0 Å². The minimum atomic E-state index is -0.746. The Bertz CT molecular complexity index is 362. The van der Waals surface area contributed by atoms with Gasteiger partial charge in [-0.3, -0.25) is 9.59 Å². The molecule has 1 unspecified atom stereocenters. The topological polar surface area (TPSA) is 76.1 Å². The molecule has 0 aromatic rings. The van der Waals surface area contributed by atoms with Crippen LogP contribution in [0.3, 0.4) is 0 Å². The fourth-order valence-electron chi connectivity index (χ4n) is 2.35. The van der Waals surface area contributed by atoms with Gasteiger partial charge in [0.25, 0.3) is 0 Å². The molecule has 1 atom stereocenters. The van der Waals surface area contributed by atoms with Gasteiger partial charge in [0.15, 0.2) is 0 Å². The molecule has 0 aliphatic carbocycles. The van der Waals surface area contributed by atoms with E-state index in [4.69, 9.17) is 14.3 Å². The molecule has 0 spiro atoms. The number of hydrogen-bond acceptors (Lipinski definition) is 5. The average molecular weight is 346 g/mol. The summed E-state index contributed by atoms with van der Waals surface area (Å²) >= 11 is 0. The van der Waals surface area contributed by atoms with Crippen LogP contribution in [0.15, 0.2) is 0 Å². The van der Waals surface area contributed by atoms with E-state index in [-0.39, 0.29) is 31.0 Å². The molecule has 0 aromatic carbocycles. The maximum Gasteiger partial charge on any atom is 0.311 e. The molecule has 0 saturated heterocycles. The van der Waals surface area contributed by atoms with E-state index in [0.29, 0.717) is 29.1 Å². The Hall–Kier alpha value is -0.923. The molecule has 7 heteroatoms. The quantitative estimate of drug-likeness (QED) is 0.329. The van der Waals surface area contributed by atoms with E-state index in [2.05, 4.69) is 0 Å². The van der Waals surface area contributed by atoms with Crippen molar-refractivity contribution in [2.24, 2.45) is 11.3 Å². The number of esters is 1. The predicted octanol–water partition coefficient (Wildman–Crippen LogP) is 1.50. The third-order valence-corrected chi connectivity index (χ3v) is 4.62. The Kier molecular flexibility index (Phi) is 11.1. The fraction of sp³-hybridized carbons (Fsp3) is 0.875. The van der Waals surface area contributed by atoms with Crippen molar-refractivity contribution in [1.29, 1.82) is 0 Å². The first-order chi connectivity index (χ1) is 10.8. The van der Waals surface area contributed by atoms with Gasteiger partial charge in [0, 0.05) is 26.6 Å². The van der Waals surface area contributed by atoms with Crippen LogP contribution in [-0.4, -0.2) is 65.6 Å². The lowest BCUT2D eigenvalue weighted by Crippen LogP contribution is -2.38. The molecular formula is C16H31NO5Si. The molecule has 0 fully saturated rings. The molecule has 23 heavy (non-hydrogen) atoms. The Morgan fingerprint density at radius 1 is 1.35 bits per heavy atom. The van der Waals surface area contributed by atoms with Crippen LogP contribution in [0.2, 0.25) is 6.04 Å². The van der Waals surface area contributed by atoms with Gasteiger partial charge in [-0.25, -0.2) is 0 Å². The molecule has 0 aromatic heterocycles. The highest BCUT2D eigenvalue weighted by Crippen LogP contribution is 2.29. The zero-order valence-corrected chi connectivity index (χ0v) is 16.1. The SMILES string of the molecule is CCC(CC(C)(C)C(=O)OCCO)C(=O)N(C)CCC[Si]OC. The number of ether oxygens (including phenoxy) is 1. The first-order valence-corrected chi connectivity index (χ1v) is 9.20. The first kappa shape index (κ1) is 22.1. The molecule has 0 aliphatic rings.